The number of nitrogens with zero attached hydrogens (tertiary/aromatic N) is 1. The highest BCUT2D eigenvalue weighted by Gasteiger charge is 2.05. The van der Waals surface area contributed by atoms with Gasteiger partial charge in [-0.1, -0.05) is 31.2 Å². The van der Waals surface area contributed by atoms with Gasteiger partial charge in [-0.05, 0) is 11.3 Å². The van der Waals surface area contributed by atoms with Gasteiger partial charge in [-0.15, -0.1) is 17.0 Å². The molecule has 3 nitrogen and oxygen atoms in total. The van der Waals surface area contributed by atoms with Crippen LogP contribution in [0.25, 0.3) is 0 Å². The average molecular weight is 295 g/mol. The van der Waals surface area contributed by atoms with Gasteiger partial charge in [-0.3, -0.25) is 4.99 Å². The van der Waals surface area contributed by atoms with E-state index in [0.29, 0.717) is 5.17 Å². The highest BCUT2D eigenvalue weighted by atomic mass is 79.9. The summed E-state index contributed by atoms with van der Waals surface area (Å²) in [6.45, 7) is 4.56. The Hall–Kier alpha value is -0.0000000000000000555. The van der Waals surface area contributed by atoms with Crippen LogP contribution < -0.4 is 5.73 Å². The zero-order chi connectivity index (χ0) is 10.2. The second-order valence-electron chi connectivity index (χ2n) is 3.17. The van der Waals surface area contributed by atoms with Gasteiger partial charge in [0.25, 0.3) is 0 Å². The number of rotatable bonds is 6. The number of amidine groups is 1. The number of hydrogen-bond acceptors (Lipinski definition) is 4. The van der Waals surface area contributed by atoms with Crippen molar-refractivity contribution < 1.29 is 4.74 Å². The van der Waals surface area contributed by atoms with Gasteiger partial charge in [0.15, 0.2) is 5.17 Å². The van der Waals surface area contributed by atoms with Gasteiger partial charge in [0.2, 0.25) is 0 Å². The summed E-state index contributed by atoms with van der Waals surface area (Å²) in [5.74, 6) is 0. The van der Waals surface area contributed by atoms with Crippen LogP contribution >= 0.6 is 28.7 Å². The fraction of sp³-hybridized carbons (Fsp3) is 0.700. The van der Waals surface area contributed by atoms with Gasteiger partial charge in [0, 0.05) is 13.0 Å². The second kappa shape index (κ2) is 9.24. The summed E-state index contributed by atoms with van der Waals surface area (Å²) < 4.78 is 5.48. The third-order valence-electron chi connectivity index (χ3n) is 1.94. The summed E-state index contributed by atoms with van der Waals surface area (Å²) in [7, 11) is 0. The SMILES string of the molecule is Br.CCCCOCCC1=CCN=C(N)S1. The minimum atomic E-state index is 0. The van der Waals surface area contributed by atoms with E-state index in [-0.39, 0.29) is 17.0 Å². The molecule has 0 aromatic rings. The molecule has 0 bridgehead atoms. The van der Waals surface area contributed by atoms with Gasteiger partial charge in [-0.2, -0.15) is 0 Å². The summed E-state index contributed by atoms with van der Waals surface area (Å²) in [5.41, 5.74) is 5.61. The lowest BCUT2D eigenvalue weighted by atomic mass is 10.3. The minimum absolute atomic E-state index is 0. The first kappa shape index (κ1) is 15.0. The number of hydrogen-bond donors (Lipinski definition) is 1. The quantitative estimate of drug-likeness (QED) is 0.766. The molecular weight excluding hydrogens is 276 g/mol. The van der Waals surface area contributed by atoms with E-state index >= 15 is 0 Å². The minimum Gasteiger partial charge on any atom is -0.381 e. The van der Waals surface area contributed by atoms with Crippen LogP contribution in [0, 0.1) is 0 Å². The molecule has 0 saturated heterocycles. The molecule has 1 heterocycles. The van der Waals surface area contributed by atoms with Crippen LogP contribution in [-0.4, -0.2) is 24.9 Å². The van der Waals surface area contributed by atoms with Gasteiger partial charge in [0.05, 0.1) is 13.2 Å². The Morgan fingerprint density at radius 2 is 2.33 bits per heavy atom. The summed E-state index contributed by atoms with van der Waals surface area (Å²) in [4.78, 5) is 5.36. The molecule has 5 heteroatoms. The molecule has 1 rings (SSSR count). The van der Waals surface area contributed by atoms with E-state index in [0.717, 1.165) is 32.6 Å². The molecule has 15 heavy (non-hydrogen) atoms. The number of aliphatic imine (C=N–C) groups is 1. The van der Waals surface area contributed by atoms with Crippen molar-refractivity contribution in [1.29, 1.82) is 0 Å². The number of unbranched alkanes of at least 4 members (excludes halogenated alkanes) is 1. The predicted molar refractivity (Wildman–Crippen MR) is 72.8 cm³/mol. The molecule has 1 aliphatic rings. The Labute approximate surface area is 106 Å². The van der Waals surface area contributed by atoms with Crippen LogP contribution in [0.15, 0.2) is 16.0 Å². The Morgan fingerprint density at radius 3 is 3.00 bits per heavy atom. The van der Waals surface area contributed by atoms with Crippen LogP contribution in [0.5, 0.6) is 0 Å². The maximum absolute atomic E-state index is 5.61. The van der Waals surface area contributed by atoms with Crippen molar-refractivity contribution in [3.8, 4) is 0 Å². The van der Waals surface area contributed by atoms with Crippen molar-refractivity contribution in [3.05, 3.63) is 11.0 Å². The van der Waals surface area contributed by atoms with Crippen molar-refractivity contribution in [2.45, 2.75) is 26.2 Å². The Kier molecular flexibility index (Phi) is 9.24. The van der Waals surface area contributed by atoms with E-state index in [2.05, 4.69) is 18.0 Å². The van der Waals surface area contributed by atoms with Crippen molar-refractivity contribution >= 4 is 33.9 Å². The molecule has 0 saturated carbocycles. The number of ether oxygens (including phenoxy) is 1. The molecule has 0 amide bonds. The summed E-state index contributed by atoms with van der Waals surface area (Å²) >= 11 is 1.56. The Bertz CT molecular complexity index is 231. The largest absolute Gasteiger partial charge is 0.381 e. The molecule has 0 unspecified atom stereocenters. The molecule has 0 radical (unpaired) electrons. The molecule has 0 fully saturated rings. The monoisotopic (exact) mass is 294 g/mol. The van der Waals surface area contributed by atoms with Crippen LogP contribution in [0.4, 0.5) is 0 Å². The highest BCUT2D eigenvalue weighted by Crippen LogP contribution is 2.22. The van der Waals surface area contributed by atoms with Crippen LogP contribution in [0.3, 0.4) is 0 Å². The van der Waals surface area contributed by atoms with E-state index in [1.54, 1.807) is 11.8 Å². The first-order valence-electron chi connectivity index (χ1n) is 5.07. The molecule has 2 N–H and O–H groups in total. The second-order valence-corrected chi connectivity index (χ2v) is 4.31. The fourth-order valence-electron chi connectivity index (χ4n) is 1.12. The average Bonchev–Trinajstić information content (AvgIpc) is 2.18. The number of nitrogens with two attached hydrogens (primary N) is 1. The van der Waals surface area contributed by atoms with E-state index in [4.69, 9.17) is 10.5 Å². The van der Waals surface area contributed by atoms with Gasteiger partial charge in [0.1, 0.15) is 0 Å². The van der Waals surface area contributed by atoms with E-state index in [1.165, 1.54) is 11.3 Å². The zero-order valence-corrected chi connectivity index (χ0v) is 11.6. The molecule has 0 aromatic heterocycles. The summed E-state index contributed by atoms with van der Waals surface area (Å²) in [5, 5.41) is 0.677. The fourth-order valence-corrected chi connectivity index (χ4v) is 1.87. The molecule has 0 aliphatic carbocycles. The zero-order valence-electron chi connectivity index (χ0n) is 9.07. The predicted octanol–water partition coefficient (Wildman–Crippen LogP) is 2.72. The topological polar surface area (TPSA) is 47.6 Å². The van der Waals surface area contributed by atoms with Gasteiger partial charge in [-0.25, -0.2) is 0 Å². The van der Waals surface area contributed by atoms with E-state index in [9.17, 15) is 0 Å². The lowest BCUT2D eigenvalue weighted by Gasteiger charge is -2.10. The molecule has 1 aliphatic heterocycles. The summed E-state index contributed by atoms with van der Waals surface area (Å²) in [6.07, 6.45) is 5.42. The van der Waals surface area contributed by atoms with E-state index in [1.807, 2.05) is 0 Å². The number of halogens is 1. The first-order chi connectivity index (χ1) is 6.83. The third-order valence-corrected chi connectivity index (χ3v) is 2.91. The first-order valence-corrected chi connectivity index (χ1v) is 5.89. The van der Waals surface area contributed by atoms with Gasteiger partial charge < -0.3 is 10.5 Å². The van der Waals surface area contributed by atoms with Crippen molar-refractivity contribution in [2.24, 2.45) is 10.7 Å². The van der Waals surface area contributed by atoms with Gasteiger partial charge >= 0.3 is 0 Å². The molecule has 0 spiro atoms. The molecular formula is C10H19BrN2OS. The van der Waals surface area contributed by atoms with Crippen molar-refractivity contribution in [1.82, 2.24) is 0 Å². The normalized spacial score (nSPS) is 15.3. The molecule has 88 valence electrons. The van der Waals surface area contributed by atoms with Crippen LogP contribution in [0.1, 0.15) is 26.2 Å². The maximum atomic E-state index is 5.61. The number of thioether (sulfide) groups is 1. The maximum Gasteiger partial charge on any atom is 0.158 e. The van der Waals surface area contributed by atoms with Crippen LogP contribution in [0.2, 0.25) is 0 Å². The van der Waals surface area contributed by atoms with Crippen molar-refractivity contribution in [3.63, 3.8) is 0 Å². The lowest BCUT2D eigenvalue weighted by molar-refractivity contribution is 0.135. The third kappa shape index (κ3) is 6.98. The molecule has 0 atom stereocenters. The smallest absolute Gasteiger partial charge is 0.158 e. The summed E-state index contributed by atoms with van der Waals surface area (Å²) in [6, 6.07) is 0. The highest BCUT2D eigenvalue weighted by molar-refractivity contribution is 8.93. The Morgan fingerprint density at radius 1 is 1.53 bits per heavy atom. The van der Waals surface area contributed by atoms with E-state index < -0.39 is 0 Å². The van der Waals surface area contributed by atoms with Crippen molar-refractivity contribution in [2.75, 3.05) is 19.8 Å². The van der Waals surface area contributed by atoms with Crippen LogP contribution in [-0.2, 0) is 4.74 Å². The lowest BCUT2D eigenvalue weighted by Crippen LogP contribution is -2.11. The standard InChI is InChI=1S/C10H18N2OS.BrH/c1-2-3-7-13-8-5-9-4-6-12-10(11)14-9;/h4H,2-3,5-8H2,1H3,(H2,11,12);1H. The Balaban J connectivity index is 0.00000196. The molecule has 0 aromatic carbocycles.